The molecule has 0 heterocycles. The van der Waals surface area contributed by atoms with Crippen molar-refractivity contribution in [2.75, 3.05) is 0 Å². The van der Waals surface area contributed by atoms with Crippen LogP contribution < -0.4 is 0 Å². The molecule has 0 amide bonds. The van der Waals surface area contributed by atoms with Gasteiger partial charge in [-0.1, -0.05) is 66.2 Å². The molecule has 0 saturated carbocycles. The third kappa shape index (κ3) is 1.34. The Balaban J connectivity index is 2.09. The van der Waals surface area contributed by atoms with E-state index in [2.05, 4.69) is 73.7 Å². The average molecular weight is 266 g/mol. The highest BCUT2D eigenvalue weighted by Gasteiger charge is 2.21. The van der Waals surface area contributed by atoms with Crippen LogP contribution >= 0.6 is 0 Å². The topological polar surface area (TPSA) is 0 Å². The second-order valence-corrected chi connectivity index (χ2v) is 5.92. The summed E-state index contributed by atoms with van der Waals surface area (Å²) in [6.45, 7) is 2.16. The van der Waals surface area contributed by atoms with Gasteiger partial charge < -0.3 is 0 Å². The first-order valence-electron chi connectivity index (χ1n) is 7.39. The quantitative estimate of drug-likeness (QED) is 0.304. The lowest BCUT2D eigenvalue weighted by molar-refractivity contribution is 1.51. The van der Waals surface area contributed by atoms with Crippen molar-refractivity contribution in [3.63, 3.8) is 0 Å². The maximum atomic E-state index is 2.36. The largest absolute Gasteiger partial charge is 0.0616 e. The Hall–Kier alpha value is -2.60. The minimum absolute atomic E-state index is 1.32. The van der Waals surface area contributed by atoms with Crippen LogP contribution in [0.2, 0.25) is 0 Å². The molecule has 0 bridgehead atoms. The standard InChI is InChI=1S/C21H14/c1-13-9-10-15-14(11-13)12-20-17-6-3-2-5-16(17)19-8-4-7-18(15)21(19)20/h2-12H,1H3. The van der Waals surface area contributed by atoms with Gasteiger partial charge in [0.25, 0.3) is 0 Å². The van der Waals surface area contributed by atoms with Gasteiger partial charge in [-0.3, -0.25) is 0 Å². The highest BCUT2D eigenvalue weighted by Crippen LogP contribution is 2.48. The van der Waals surface area contributed by atoms with E-state index in [4.69, 9.17) is 0 Å². The Morgan fingerprint density at radius 1 is 0.571 bits per heavy atom. The molecule has 0 heteroatoms. The number of hydrogen-bond acceptors (Lipinski definition) is 0. The van der Waals surface area contributed by atoms with Crippen LogP contribution in [0.4, 0.5) is 0 Å². The molecule has 0 radical (unpaired) electrons. The second kappa shape index (κ2) is 3.73. The van der Waals surface area contributed by atoms with Crippen LogP contribution in [-0.4, -0.2) is 0 Å². The molecule has 1 aliphatic rings. The molecule has 0 nitrogen and oxygen atoms in total. The van der Waals surface area contributed by atoms with Crippen molar-refractivity contribution >= 4 is 21.5 Å². The van der Waals surface area contributed by atoms with Crippen molar-refractivity contribution in [3.05, 3.63) is 72.3 Å². The van der Waals surface area contributed by atoms with E-state index in [1.165, 1.54) is 49.4 Å². The van der Waals surface area contributed by atoms with E-state index in [0.717, 1.165) is 0 Å². The first-order valence-corrected chi connectivity index (χ1v) is 7.39. The Morgan fingerprint density at radius 3 is 2.19 bits per heavy atom. The van der Waals surface area contributed by atoms with Gasteiger partial charge >= 0.3 is 0 Å². The van der Waals surface area contributed by atoms with Crippen LogP contribution in [-0.2, 0) is 0 Å². The third-order valence-corrected chi connectivity index (χ3v) is 4.64. The Morgan fingerprint density at radius 2 is 1.33 bits per heavy atom. The molecule has 0 atom stereocenters. The smallest absolute Gasteiger partial charge is 0.00199 e. The molecule has 0 fully saturated rings. The van der Waals surface area contributed by atoms with Crippen molar-refractivity contribution in [2.45, 2.75) is 6.92 Å². The van der Waals surface area contributed by atoms with Gasteiger partial charge in [0, 0.05) is 0 Å². The molecule has 4 aromatic rings. The zero-order valence-electron chi connectivity index (χ0n) is 11.9. The molecule has 0 aliphatic heterocycles. The molecular weight excluding hydrogens is 252 g/mol. The molecule has 21 heavy (non-hydrogen) atoms. The van der Waals surface area contributed by atoms with Gasteiger partial charge in [0.05, 0.1) is 0 Å². The van der Waals surface area contributed by atoms with Gasteiger partial charge in [-0.25, -0.2) is 0 Å². The van der Waals surface area contributed by atoms with Gasteiger partial charge in [-0.05, 0) is 56.8 Å². The normalized spacial score (nSPS) is 12.0. The monoisotopic (exact) mass is 266 g/mol. The van der Waals surface area contributed by atoms with Crippen LogP contribution in [0.5, 0.6) is 0 Å². The molecule has 0 saturated heterocycles. The van der Waals surface area contributed by atoms with E-state index in [9.17, 15) is 0 Å². The Bertz CT molecular complexity index is 1040. The van der Waals surface area contributed by atoms with Crippen LogP contribution in [0, 0.1) is 6.92 Å². The summed E-state index contributed by atoms with van der Waals surface area (Å²) in [5, 5.41) is 5.48. The lowest BCUT2D eigenvalue weighted by atomic mass is 9.95. The highest BCUT2D eigenvalue weighted by molar-refractivity contribution is 6.23. The Labute approximate surface area is 123 Å². The summed E-state index contributed by atoms with van der Waals surface area (Å²) in [7, 11) is 0. The molecule has 1 aliphatic carbocycles. The fraction of sp³-hybridized carbons (Fsp3) is 0.0476. The summed E-state index contributed by atoms with van der Waals surface area (Å²) in [5.41, 5.74) is 6.81. The maximum Gasteiger partial charge on any atom is -0.00199 e. The Kier molecular flexibility index (Phi) is 1.97. The second-order valence-electron chi connectivity index (χ2n) is 5.92. The number of rotatable bonds is 0. The summed E-state index contributed by atoms with van der Waals surface area (Å²) in [4.78, 5) is 0. The number of aryl methyl sites for hydroxylation is 1. The predicted octanol–water partition coefficient (Wildman–Crippen LogP) is 5.95. The molecule has 0 aromatic heterocycles. The fourth-order valence-electron chi connectivity index (χ4n) is 3.73. The minimum atomic E-state index is 1.32. The third-order valence-electron chi connectivity index (χ3n) is 4.64. The van der Waals surface area contributed by atoms with E-state index in [0.29, 0.717) is 0 Å². The van der Waals surface area contributed by atoms with Crippen molar-refractivity contribution in [3.8, 4) is 22.3 Å². The lowest BCUT2D eigenvalue weighted by Crippen LogP contribution is -1.81. The highest BCUT2D eigenvalue weighted by atomic mass is 14.2. The van der Waals surface area contributed by atoms with Gasteiger partial charge in [0.1, 0.15) is 0 Å². The zero-order chi connectivity index (χ0) is 14.0. The first-order chi connectivity index (χ1) is 10.3. The van der Waals surface area contributed by atoms with Crippen molar-refractivity contribution in [1.29, 1.82) is 0 Å². The van der Waals surface area contributed by atoms with Crippen molar-refractivity contribution in [1.82, 2.24) is 0 Å². The van der Waals surface area contributed by atoms with E-state index in [1.807, 2.05) is 0 Å². The predicted molar refractivity (Wildman–Crippen MR) is 90.6 cm³/mol. The SMILES string of the molecule is Cc1ccc2c(c1)cc1c3c(cccc32)-c2ccccc2-1. The summed E-state index contributed by atoms with van der Waals surface area (Å²) in [6, 6.07) is 24.6. The number of hydrogen-bond donors (Lipinski definition) is 0. The molecule has 0 spiro atoms. The number of fused-ring (bicyclic) bond motifs is 5. The van der Waals surface area contributed by atoms with Crippen LogP contribution in [0.25, 0.3) is 43.8 Å². The molecule has 5 rings (SSSR count). The van der Waals surface area contributed by atoms with Gasteiger partial charge in [0.2, 0.25) is 0 Å². The first kappa shape index (κ1) is 11.1. The summed E-state index contributed by atoms with van der Waals surface area (Å²) >= 11 is 0. The average Bonchev–Trinajstić information content (AvgIpc) is 2.83. The number of benzene rings is 4. The van der Waals surface area contributed by atoms with Gasteiger partial charge in [-0.15, -0.1) is 0 Å². The van der Waals surface area contributed by atoms with E-state index < -0.39 is 0 Å². The van der Waals surface area contributed by atoms with Crippen LogP contribution in [0.1, 0.15) is 5.56 Å². The molecular formula is C21H14. The molecule has 4 aromatic carbocycles. The summed E-state index contributed by atoms with van der Waals surface area (Å²) in [5.74, 6) is 0. The molecule has 0 unspecified atom stereocenters. The summed E-state index contributed by atoms with van der Waals surface area (Å²) < 4.78 is 0. The maximum absolute atomic E-state index is 2.36. The van der Waals surface area contributed by atoms with Gasteiger partial charge in [-0.2, -0.15) is 0 Å². The molecule has 98 valence electrons. The van der Waals surface area contributed by atoms with Crippen molar-refractivity contribution < 1.29 is 0 Å². The molecule has 0 N–H and O–H groups in total. The van der Waals surface area contributed by atoms with Crippen LogP contribution in [0.15, 0.2) is 66.7 Å². The fourth-order valence-corrected chi connectivity index (χ4v) is 3.73. The minimum Gasteiger partial charge on any atom is -0.0616 e. The van der Waals surface area contributed by atoms with E-state index in [-0.39, 0.29) is 0 Å². The van der Waals surface area contributed by atoms with Crippen molar-refractivity contribution in [2.24, 2.45) is 0 Å². The van der Waals surface area contributed by atoms with E-state index >= 15 is 0 Å². The van der Waals surface area contributed by atoms with Gasteiger partial charge in [0.15, 0.2) is 0 Å². The van der Waals surface area contributed by atoms with Crippen LogP contribution in [0.3, 0.4) is 0 Å². The summed E-state index contributed by atoms with van der Waals surface area (Å²) in [6.07, 6.45) is 0. The van der Waals surface area contributed by atoms with E-state index in [1.54, 1.807) is 0 Å². The lowest BCUT2D eigenvalue weighted by Gasteiger charge is -2.08. The zero-order valence-corrected chi connectivity index (χ0v) is 11.9.